The largest absolute Gasteiger partial charge is 0.378 e. The zero-order chi connectivity index (χ0) is 8.54. The Morgan fingerprint density at radius 2 is 2.27 bits per heavy atom. The summed E-state index contributed by atoms with van der Waals surface area (Å²) in [5.74, 6) is 2.19. The summed E-state index contributed by atoms with van der Waals surface area (Å²) in [6, 6.07) is 1.99. The zero-order valence-electron chi connectivity index (χ0n) is 6.29. The molecule has 0 bridgehead atoms. The number of nitriles is 1. The predicted octanol–water partition coefficient (Wildman–Crippen LogP) is -0.0892. The van der Waals surface area contributed by atoms with Crippen molar-refractivity contribution in [3.8, 4) is 18.4 Å². The summed E-state index contributed by atoms with van der Waals surface area (Å²) in [4.78, 5) is 0. The van der Waals surface area contributed by atoms with Gasteiger partial charge in [-0.2, -0.15) is 5.26 Å². The van der Waals surface area contributed by atoms with E-state index in [0.29, 0.717) is 0 Å². The van der Waals surface area contributed by atoms with E-state index in [1.54, 1.807) is 0 Å². The van der Waals surface area contributed by atoms with Gasteiger partial charge < -0.3 is 9.84 Å². The lowest BCUT2D eigenvalue weighted by Gasteiger charge is -2.42. The molecule has 1 N–H and O–H groups in total. The van der Waals surface area contributed by atoms with Crippen LogP contribution in [0.2, 0.25) is 0 Å². The van der Waals surface area contributed by atoms with Crippen molar-refractivity contribution in [2.24, 2.45) is 5.41 Å². The molecule has 1 aliphatic heterocycles. The highest BCUT2D eigenvalue weighted by Crippen LogP contribution is 2.37. The number of hydrogen-bond acceptors (Lipinski definition) is 3. The van der Waals surface area contributed by atoms with Crippen molar-refractivity contribution in [1.29, 1.82) is 5.26 Å². The smallest absolute Gasteiger partial charge is 0.145 e. The Kier molecular flexibility index (Phi) is 1.64. The fraction of sp³-hybridized carbons (Fsp3) is 0.625. The molecule has 58 valence electrons. The Balaban J connectivity index is 2.90. The van der Waals surface area contributed by atoms with Crippen molar-refractivity contribution >= 4 is 0 Å². The van der Waals surface area contributed by atoms with Crippen LogP contribution in [-0.2, 0) is 4.74 Å². The Morgan fingerprint density at radius 1 is 1.73 bits per heavy atom. The van der Waals surface area contributed by atoms with Crippen molar-refractivity contribution < 1.29 is 9.84 Å². The summed E-state index contributed by atoms with van der Waals surface area (Å²) in [5.41, 5.74) is -2.26. The monoisotopic (exact) mass is 151 g/mol. The SMILES string of the molecule is C#C[C@](C)(O)C1(C#N)COC1. The van der Waals surface area contributed by atoms with Gasteiger partial charge in [-0.1, -0.05) is 5.92 Å². The highest BCUT2D eigenvalue weighted by molar-refractivity contribution is 5.24. The topological polar surface area (TPSA) is 53.2 Å². The van der Waals surface area contributed by atoms with E-state index in [2.05, 4.69) is 5.92 Å². The molecule has 0 spiro atoms. The minimum Gasteiger partial charge on any atom is -0.378 e. The van der Waals surface area contributed by atoms with Gasteiger partial charge in [0, 0.05) is 0 Å². The van der Waals surface area contributed by atoms with Crippen LogP contribution < -0.4 is 0 Å². The first-order valence-corrected chi connectivity index (χ1v) is 3.27. The molecule has 0 aromatic rings. The van der Waals surface area contributed by atoms with Crippen molar-refractivity contribution in [2.45, 2.75) is 12.5 Å². The number of rotatable bonds is 1. The van der Waals surface area contributed by atoms with Crippen molar-refractivity contribution in [1.82, 2.24) is 0 Å². The Hall–Kier alpha value is -1.03. The van der Waals surface area contributed by atoms with Gasteiger partial charge in [0.2, 0.25) is 0 Å². The van der Waals surface area contributed by atoms with Gasteiger partial charge in [0.05, 0.1) is 19.3 Å². The third-order valence-corrected chi connectivity index (χ3v) is 2.12. The fourth-order valence-corrected chi connectivity index (χ4v) is 0.899. The summed E-state index contributed by atoms with van der Waals surface area (Å²) in [6.45, 7) is 1.90. The van der Waals surface area contributed by atoms with Crippen molar-refractivity contribution in [3.05, 3.63) is 0 Å². The van der Waals surface area contributed by atoms with Crippen LogP contribution in [0.3, 0.4) is 0 Å². The van der Waals surface area contributed by atoms with Gasteiger partial charge in [0.1, 0.15) is 11.0 Å². The average Bonchev–Trinajstić information content (AvgIpc) is 1.86. The van der Waals surface area contributed by atoms with E-state index in [1.807, 2.05) is 6.07 Å². The van der Waals surface area contributed by atoms with Crippen molar-refractivity contribution in [3.63, 3.8) is 0 Å². The first kappa shape index (κ1) is 8.07. The molecule has 1 fully saturated rings. The van der Waals surface area contributed by atoms with Gasteiger partial charge in [0.15, 0.2) is 0 Å². The quantitative estimate of drug-likeness (QED) is 0.533. The van der Waals surface area contributed by atoms with E-state index in [4.69, 9.17) is 16.4 Å². The molecule has 0 unspecified atom stereocenters. The molecule has 0 radical (unpaired) electrons. The molecule has 1 atom stereocenters. The molecule has 1 aliphatic rings. The summed E-state index contributed by atoms with van der Waals surface area (Å²) in [7, 11) is 0. The second kappa shape index (κ2) is 2.23. The van der Waals surface area contributed by atoms with E-state index in [1.165, 1.54) is 6.92 Å². The number of hydrogen-bond donors (Lipinski definition) is 1. The maximum absolute atomic E-state index is 9.55. The van der Waals surface area contributed by atoms with E-state index in [9.17, 15) is 5.11 Å². The lowest BCUT2D eigenvalue weighted by molar-refractivity contribution is -0.158. The van der Waals surface area contributed by atoms with E-state index < -0.39 is 11.0 Å². The fourth-order valence-electron chi connectivity index (χ4n) is 0.899. The van der Waals surface area contributed by atoms with Crippen LogP contribution in [-0.4, -0.2) is 23.9 Å². The third-order valence-electron chi connectivity index (χ3n) is 2.12. The van der Waals surface area contributed by atoms with E-state index >= 15 is 0 Å². The molecular weight excluding hydrogens is 142 g/mol. The molecule has 0 aromatic carbocycles. The molecule has 0 saturated carbocycles. The zero-order valence-corrected chi connectivity index (χ0v) is 6.29. The molecule has 1 heterocycles. The second-order valence-corrected chi connectivity index (χ2v) is 2.90. The first-order chi connectivity index (χ1) is 5.08. The summed E-state index contributed by atoms with van der Waals surface area (Å²) < 4.78 is 4.84. The lowest BCUT2D eigenvalue weighted by atomic mass is 9.73. The average molecular weight is 151 g/mol. The minimum atomic E-state index is -1.38. The normalized spacial score (nSPS) is 25.5. The minimum absolute atomic E-state index is 0.223. The molecule has 1 saturated heterocycles. The van der Waals surface area contributed by atoms with Gasteiger partial charge >= 0.3 is 0 Å². The van der Waals surface area contributed by atoms with Crippen LogP contribution in [0.15, 0.2) is 0 Å². The van der Waals surface area contributed by atoms with E-state index in [-0.39, 0.29) is 13.2 Å². The number of ether oxygens (including phenoxy) is 1. The molecule has 0 aromatic heterocycles. The molecule has 3 nitrogen and oxygen atoms in total. The first-order valence-electron chi connectivity index (χ1n) is 3.27. The summed E-state index contributed by atoms with van der Waals surface area (Å²) in [6.07, 6.45) is 5.07. The molecule has 1 rings (SSSR count). The van der Waals surface area contributed by atoms with Crippen molar-refractivity contribution in [2.75, 3.05) is 13.2 Å². The number of nitrogens with zero attached hydrogens (tertiary/aromatic N) is 1. The van der Waals surface area contributed by atoms with Crippen LogP contribution in [0.4, 0.5) is 0 Å². The van der Waals surface area contributed by atoms with Gasteiger partial charge in [-0.3, -0.25) is 0 Å². The van der Waals surface area contributed by atoms with Crippen LogP contribution in [0.25, 0.3) is 0 Å². The van der Waals surface area contributed by atoms with Gasteiger partial charge in [0.25, 0.3) is 0 Å². The number of terminal acetylenes is 1. The molecular formula is C8H9NO2. The summed E-state index contributed by atoms with van der Waals surface area (Å²) >= 11 is 0. The second-order valence-electron chi connectivity index (χ2n) is 2.90. The maximum atomic E-state index is 9.55. The van der Waals surface area contributed by atoms with Crippen LogP contribution in [0, 0.1) is 29.1 Å². The van der Waals surface area contributed by atoms with Gasteiger partial charge in [-0.25, -0.2) is 0 Å². The van der Waals surface area contributed by atoms with Crippen LogP contribution in [0.5, 0.6) is 0 Å². The van der Waals surface area contributed by atoms with Gasteiger partial charge in [-0.05, 0) is 6.92 Å². The molecule has 11 heavy (non-hydrogen) atoms. The highest BCUT2D eigenvalue weighted by Gasteiger charge is 2.53. The standard InChI is InChI=1S/C8H9NO2/c1-3-7(2,10)8(4-9)5-11-6-8/h1,10H,5-6H2,2H3/t7-/m0/s1. The number of aliphatic hydroxyl groups is 1. The highest BCUT2D eigenvalue weighted by atomic mass is 16.5. The molecule has 0 amide bonds. The molecule has 3 heteroatoms. The van der Waals surface area contributed by atoms with Crippen LogP contribution in [0.1, 0.15) is 6.92 Å². The van der Waals surface area contributed by atoms with Gasteiger partial charge in [-0.15, -0.1) is 6.42 Å². The molecule has 0 aliphatic carbocycles. The van der Waals surface area contributed by atoms with E-state index in [0.717, 1.165) is 0 Å². The summed E-state index contributed by atoms with van der Waals surface area (Å²) in [5, 5.41) is 18.3. The van der Waals surface area contributed by atoms with Crippen LogP contribution >= 0.6 is 0 Å². The predicted molar refractivity (Wildman–Crippen MR) is 38.3 cm³/mol. The third kappa shape index (κ3) is 0.903. The Labute approximate surface area is 65.6 Å². The Morgan fingerprint density at radius 3 is 2.36 bits per heavy atom. The maximum Gasteiger partial charge on any atom is 0.145 e. The Bertz CT molecular complexity index is 240. The lowest BCUT2D eigenvalue weighted by Crippen LogP contribution is -2.56.